The van der Waals surface area contributed by atoms with E-state index in [4.69, 9.17) is 0 Å². The monoisotopic (exact) mass is 300 g/mol. The Morgan fingerprint density at radius 1 is 1.24 bits per heavy atom. The summed E-state index contributed by atoms with van der Waals surface area (Å²) in [6, 6.07) is 14.0. The molecule has 5 heteroatoms. The minimum absolute atomic E-state index is 0.103. The second-order valence-corrected chi connectivity index (χ2v) is 5.97. The highest BCUT2D eigenvalue weighted by Gasteiger charge is 2.27. The summed E-state index contributed by atoms with van der Waals surface area (Å²) in [7, 11) is 0. The van der Waals surface area contributed by atoms with Crippen molar-refractivity contribution >= 4 is 33.7 Å². The fourth-order valence-electron chi connectivity index (χ4n) is 2.48. The first-order valence-electron chi connectivity index (χ1n) is 6.92. The first-order valence-corrected chi connectivity index (χ1v) is 7.90. The lowest BCUT2D eigenvalue weighted by Crippen LogP contribution is -2.43. The van der Waals surface area contributed by atoms with Crippen LogP contribution >= 0.6 is 11.8 Å². The van der Waals surface area contributed by atoms with Crippen molar-refractivity contribution in [2.75, 3.05) is 12.3 Å². The Morgan fingerprint density at radius 2 is 2.05 bits per heavy atom. The zero-order chi connectivity index (χ0) is 14.7. The van der Waals surface area contributed by atoms with E-state index in [9.17, 15) is 9.59 Å². The molecule has 2 aromatic carbocycles. The van der Waals surface area contributed by atoms with Crippen LogP contribution in [-0.4, -0.2) is 29.5 Å². The second kappa shape index (κ2) is 6.18. The molecule has 3 rings (SSSR count). The fourth-order valence-corrected chi connectivity index (χ4v) is 3.26. The van der Waals surface area contributed by atoms with Crippen molar-refractivity contribution in [3.8, 4) is 0 Å². The molecule has 4 nitrogen and oxygen atoms in total. The maximum atomic E-state index is 11.9. The first-order chi connectivity index (χ1) is 10.2. The average Bonchev–Trinajstić information content (AvgIpc) is 2.94. The number of benzene rings is 2. The molecule has 0 bridgehead atoms. The van der Waals surface area contributed by atoms with Gasteiger partial charge in [-0.25, -0.2) is 0 Å². The molecule has 0 radical (unpaired) electrons. The van der Waals surface area contributed by atoms with Crippen molar-refractivity contribution in [1.82, 2.24) is 10.6 Å². The Hall–Kier alpha value is -2.01. The molecule has 1 aliphatic heterocycles. The zero-order valence-electron chi connectivity index (χ0n) is 11.5. The summed E-state index contributed by atoms with van der Waals surface area (Å²) in [6.45, 7) is 0.573. The van der Waals surface area contributed by atoms with Crippen LogP contribution in [0.25, 0.3) is 10.8 Å². The van der Waals surface area contributed by atoms with E-state index >= 15 is 0 Å². The number of amides is 2. The molecule has 2 aromatic rings. The predicted octanol–water partition coefficient (Wildman–Crippen LogP) is 2.32. The molecule has 0 saturated carbocycles. The molecular weight excluding hydrogens is 284 g/mol. The highest BCUT2D eigenvalue weighted by atomic mass is 32.2. The van der Waals surface area contributed by atoms with Gasteiger partial charge in [0, 0.05) is 12.3 Å². The van der Waals surface area contributed by atoms with Crippen LogP contribution in [0.4, 0.5) is 4.79 Å². The summed E-state index contributed by atoms with van der Waals surface area (Å²) in [5.41, 5.74) is 1.22. The average molecular weight is 300 g/mol. The second-order valence-electron chi connectivity index (χ2n) is 4.97. The number of thioether (sulfide) groups is 1. The van der Waals surface area contributed by atoms with Crippen molar-refractivity contribution in [3.63, 3.8) is 0 Å². The van der Waals surface area contributed by atoms with Crippen molar-refractivity contribution < 1.29 is 9.59 Å². The van der Waals surface area contributed by atoms with Gasteiger partial charge >= 0.3 is 0 Å². The van der Waals surface area contributed by atoms with Crippen molar-refractivity contribution in [3.05, 3.63) is 48.0 Å². The fraction of sp³-hybridized carbons (Fsp3) is 0.250. The van der Waals surface area contributed by atoms with Crippen LogP contribution in [0.1, 0.15) is 5.56 Å². The SMILES string of the molecule is O=C1N[C@H](C(=O)NCCc2cccc3ccccc23)CS1. The lowest BCUT2D eigenvalue weighted by atomic mass is 10.0. The molecule has 0 aromatic heterocycles. The smallest absolute Gasteiger partial charge is 0.279 e. The summed E-state index contributed by atoms with van der Waals surface area (Å²) < 4.78 is 0. The van der Waals surface area contributed by atoms with Gasteiger partial charge in [-0.1, -0.05) is 54.2 Å². The van der Waals surface area contributed by atoms with Crippen molar-refractivity contribution in [2.45, 2.75) is 12.5 Å². The van der Waals surface area contributed by atoms with E-state index in [2.05, 4.69) is 34.9 Å². The van der Waals surface area contributed by atoms with Crippen molar-refractivity contribution in [2.24, 2.45) is 0 Å². The molecule has 1 heterocycles. The summed E-state index contributed by atoms with van der Waals surface area (Å²) in [4.78, 5) is 23.0. The number of fused-ring (bicyclic) bond motifs is 1. The van der Waals surface area contributed by atoms with Gasteiger partial charge in [-0.2, -0.15) is 0 Å². The molecule has 1 atom stereocenters. The zero-order valence-corrected chi connectivity index (χ0v) is 12.3. The molecule has 0 unspecified atom stereocenters. The molecule has 2 N–H and O–H groups in total. The topological polar surface area (TPSA) is 58.2 Å². The molecule has 1 fully saturated rings. The highest BCUT2D eigenvalue weighted by molar-refractivity contribution is 8.14. The molecule has 108 valence electrons. The van der Waals surface area contributed by atoms with Gasteiger partial charge in [0.05, 0.1) is 0 Å². The van der Waals surface area contributed by atoms with Gasteiger partial charge in [0.2, 0.25) is 5.91 Å². The Morgan fingerprint density at radius 3 is 2.86 bits per heavy atom. The summed E-state index contributed by atoms with van der Waals surface area (Å²) in [5, 5.41) is 7.84. The lowest BCUT2D eigenvalue weighted by molar-refractivity contribution is -0.122. The van der Waals surface area contributed by atoms with Gasteiger partial charge in [-0.15, -0.1) is 0 Å². The van der Waals surface area contributed by atoms with Crippen LogP contribution in [0.2, 0.25) is 0 Å². The molecule has 1 saturated heterocycles. The van der Waals surface area contributed by atoms with E-state index in [0.29, 0.717) is 12.3 Å². The van der Waals surface area contributed by atoms with E-state index in [1.165, 1.54) is 16.3 Å². The highest BCUT2D eigenvalue weighted by Crippen LogP contribution is 2.18. The van der Waals surface area contributed by atoms with Crippen molar-refractivity contribution in [1.29, 1.82) is 0 Å². The van der Waals surface area contributed by atoms with Crippen LogP contribution < -0.4 is 10.6 Å². The van der Waals surface area contributed by atoms with Crippen LogP contribution in [0.3, 0.4) is 0 Å². The summed E-state index contributed by atoms with van der Waals surface area (Å²) in [6.07, 6.45) is 0.779. The number of hydrogen-bond donors (Lipinski definition) is 2. The molecular formula is C16H16N2O2S. The van der Waals surface area contributed by atoms with Gasteiger partial charge < -0.3 is 10.6 Å². The Kier molecular flexibility index (Phi) is 4.10. The lowest BCUT2D eigenvalue weighted by Gasteiger charge is -2.11. The predicted molar refractivity (Wildman–Crippen MR) is 85.4 cm³/mol. The van der Waals surface area contributed by atoms with Gasteiger partial charge in [0.15, 0.2) is 0 Å². The van der Waals surface area contributed by atoms with E-state index in [0.717, 1.165) is 18.2 Å². The first kappa shape index (κ1) is 13.9. The van der Waals surface area contributed by atoms with Gasteiger partial charge in [-0.05, 0) is 22.8 Å². The maximum absolute atomic E-state index is 11.9. The molecule has 0 spiro atoms. The number of nitrogens with one attached hydrogen (secondary N) is 2. The Labute approximate surface area is 127 Å². The quantitative estimate of drug-likeness (QED) is 0.911. The van der Waals surface area contributed by atoms with Crippen LogP contribution in [0, 0.1) is 0 Å². The summed E-state index contributed by atoms with van der Waals surface area (Å²) >= 11 is 1.15. The number of hydrogen-bond acceptors (Lipinski definition) is 3. The van der Waals surface area contributed by atoms with Crippen LogP contribution in [0.5, 0.6) is 0 Å². The van der Waals surface area contributed by atoms with E-state index in [-0.39, 0.29) is 11.1 Å². The van der Waals surface area contributed by atoms with Gasteiger partial charge in [0.25, 0.3) is 5.24 Å². The van der Waals surface area contributed by atoms with Crippen LogP contribution in [-0.2, 0) is 11.2 Å². The van der Waals surface area contributed by atoms with E-state index in [1.807, 2.05) is 18.2 Å². The van der Waals surface area contributed by atoms with Gasteiger partial charge in [0.1, 0.15) is 6.04 Å². The maximum Gasteiger partial charge on any atom is 0.279 e. The number of rotatable bonds is 4. The minimum atomic E-state index is -0.394. The minimum Gasteiger partial charge on any atom is -0.354 e. The molecule has 2 amide bonds. The van der Waals surface area contributed by atoms with E-state index in [1.54, 1.807) is 0 Å². The van der Waals surface area contributed by atoms with Gasteiger partial charge in [-0.3, -0.25) is 9.59 Å². The normalized spacial score (nSPS) is 17.7. The largest absolute Gasteiger partial charge is 0.354 e. The Balaban J connectivity index is 1.59. The Bertz CT molecular complexity index is 682. The van der Waals surface area contributed by atoms with Crippen LogP contribution in [0.15, 0.2) is 42.5 Å². The third kappa shape index (κ3) is 3.19. The number of carbonyl (C=O) groups is 2. The third-order valence-electron chi connectivity index (χ3n) is 3.56. The third-order valence-corrected chi connectivity index (χ3v) is 4.44. The molecule has 21 heavy (non-hydrogen) atoms. The number of carbonyl (C=O) groups excluding carboxylic acids is 2. The van der Waals surface area contributed by atoms with E-state index < -0.39 is 6.04 Å². The molecule has 1 aliphatic rings. The summed E-state index contributed by atoms with van der Waals surface area (Å²) in [5.74, 6) is 0.410. The molecule has 0 aliphatic carbocycles. The standard InChI is InChI=1S/C16H16N2O2S/c19-15(14-10-21-16(20)18-14)17-9-8-12-6-3-5-11-4-1-2-7-13(11)12/h1-7,14H,8-10H2,(H,17,19)(H,18,20)/t14-/m0/s1.